The summed E-state index contributed by atoms with van der Waals surface area (Å²) in [5, 5.41) is 31.2. The van der Waals surface area contributed by atoms with Crippen LogP contribution in [-0.2, 0) is 28.6 Å². The largest absolute Gasteiger partial charge is 0.460 e. The van der Waals surface area contributed by atoms with Crippen LogP contribution in [0.5, 0.6) is 0 Å². The number of epoxide rings is 2. The smallest absolute Gasteiger partial charge is 0.338 e. The van der Waals surface area contributed by atoms with Crippen molar-refractivity contribution >= 4 is 17.5 Å². The van der Waals surface area contributed by atoms with Crippen molar-refractivity contribution in [2.75, 3.05) is 0 Å². The molecule has 9 heteroatoms. The zero-order valence-corrected chi connectivity index (χ0v) is 26.4. The van der Waals surface area contributed by atoms with E-state index in [9.17, 15) is 29.7 Å². The Kier molecular flexibility index (Phi) is 6.79. The SMILES string of the molecule is CC(C)[C@H](C)[C@H](O)C(=O)[C@@H](C)[C@H]1CC[C@H]2[C@H]3C(=O)[C@@H]4O[C@@]45C[C@@H](OC(=O)[C@H](O)C(C)(C)O)CC[C@]5(C)[C@]34O[C@@H]4C[C@]12C. The van der Waals surface area contributed by atoms with Gasteiger partial charge in [0.05, 0.1) is 17.6 Å². The van der Waals surface area contributed by atoms with E-state index in [0.717, 1.165) is 19.3 Å². The second-order valence-corrected chi connectivity index (χ2v) is 16.1. The normalized spacial score (nSPS) is 48.0. The quantitative estimate of drug-likeness (QED) is 0.287. The number of Topliss-reactive ketones (excluding diaryl/α,β-unsaturated/α-hetero) is 2. The molecular weight excluding hydrogens is 540 g/mol. The fraction of sp³-hybridized carbons (Fsp3) is 0.909. The second-order valence-electron chi connectivity index (χ2n) is 16.1. The summed E-state index contributed by atoms with van der Waals surface area (Å²) in [6, 6.07) is 0. The van der Waals surface area contributed by atoms with E-state index < -0.39 is 52.6 Å². The van der Waals surface area contributed by atoms with Gasteiger partial charge >= 0.3 is 5.97 Å². The number of ether oxygens (including phenoxy) is 3. The zero-order chi connectivity index (χ0) is 30.9. The van der Waals surface area contributed by atoms with Gasteiger partial charge in [-0.2, -0.15) is 0 Å². The first-order chi connectivity index (χ1) is 19.4. The summed E-state index contributed by atoms with van der Waals surface area (Å²) in [6.07, 6.45) is 0.141. The highest BCUT2D eigenvalue weighted by Crippen LogP contribution is 2.80. The molecule has 0 bridgehead atoms. The third kappa shape index (κ3) is 3.82. The van der Waals surface area contributed by atoms with Crippen molar-refractivity contribution in [3.8, 4) is 0 Å². The van der Waals surface area contributed by atoms with Crippen LogP contribution in [0.3, 0.4) is 0 Å². The molecule has 0 aromatic heterocycles. The molecule has 2 heterocycles. The molecule has 42 heavy (non-hydrogen) atoms. The number of carbonyl (C=O) groups is 3. The molecule has 2 saturated heterocycles. The number of fused-ring (bicyclic) bond motifs is 2. The molecule has 3 N–H and O–H groups in total. The maximum atomic E-state index is 14.3. The average molecular weight is 591 g/mol. The van der Waals surface area contributed by atoms with Crippen molar-refractivity contribution in [1.29, 1.82) is 0 Å². The summed E-state index contributed by atoms with van der Waals surface area (Å²) in [6.45, 7) is 15.1. The summed E-state index contributed by atoms with van der Waals surface area (Å²) < 4.78 is 18.7. The van der Waals surface area contributed by atoms with Crippen LogP contribution in [0, 0.1) is 46.3 Å². The number of hydrogen-bond acceptors (Lipinski definition) is 9. The molecule has 6 aliphatic rings. The highest BCUT2D eigenvalue weighted by atomic mass is 16.7. The van der Waals surface area contributed by atoms with Gasteiger partial charge in [0, 0.05) is 17.8 Å². The van der Waals surface area contributed by atoms with Gasteiger partial charge in [-0.15, -0.1) is 0 Å². The summed E-state index contributed by atoms with van der Waals surface area (Å²) in [5.74, 6) is -1.30. The third-order valence-electron chi connectivity index (χ3n) is 13.4. The van der Waals surface area contributed by atoms with Gasteiger partial charge in [0.1, 0.15) is 29.5 Å². The Morgan fingerprint density at radius 1 is 1.02 bits per heavy atom. The van der Waals surface area contributed by atoms with Crippen molar-refractivity contribution in [3.05, 3.63) is 0 Å². The van der Waals surface area contributed by atoms with Crippen molar-refractivity contribution in [2.45, 2.75) is 141 Å². The van der Waals surface area contributed by atoms with Gasteiger partial charge in [0.2, 0.25) is 0 Å². The van der Waals surface area contributed by atoms with Gasteiger partial charge in [0.15, 0.2) is 17.7 Å². The van der Waals surface area contributed by atoms with E-state index in [-0.39, 0.29) is 58.6 Å². The minimum absolute atomic E-state index is 0.0657. The summed E-state index contributed by atoms with van der Waals surface area (Å²) in [7, 11) is 0. The lowest BCUT2D eigenvalue weighted by atomic mass is 9.43. The van der Waals surface area contributed by atoms with Gasteiger partial charge in [-0.25, -0.2) is 4.79 Å². The molecule has 14 atom stereocenters. The van der Waals surface area contributed by atoms with E-state index in [1.54, 1.807) is 0 Å². The first kappa shape index (κ1) is 30.6. The molecule has 236 valence electrons. The number of carbonyl (C=O) groups excluding carboxylic acids is 3. The molecule has 2 spiro atoms. The molecule has 9 nitrogen and oxygen atoms in total. The van der Waals surface area contributed by atoms with Crippen molar-refractivity contribution in [2.24, 2.45) is 46.3 Å². The highest BCUT2D eigenvalue weighted by Gasteiger charge is 2.91. The Morgan fingerprint density at radius 2 is 1.69 bits per heavy atom. The minimum Gasteiger partial charge on any atom is -0.460 e. The lowest BCUT2D eigenvalue weighted by Gasteiger charge is -2.56. The van der Waals surface area contributed by atoms with Crippen LogP contribution in [0.2, 0.25) is 0 Å². The number of rotatable bonds is 8. The summed E-state index contributed by atoms with van der Waals surface area (Å²) in [4.78, 5) is 40.3. The molecule has 4 aliphatic carbocycles. The molecule has 2 aliphatic heterocycles. The standard InChI is InChI=1S/C33H50O9/c1-15(2)16(3)23(34)24(35)17(4)19-9-10-20-22-25(36)27-32(42-27)13-18(40-28(38)26(37)29(5,6)39)11-12-31(32,8)33(22)21(41-33)14-30(19,20)7/h15-23,26-27,34,37,39H,9-14H2,1-8H3/t16-,17-,18-,19+,20-,21+,22-,23-,26-,27-,30+,31-,32-,33+/m0/s1. The van der Waals surface area contributed by atoms with E-state index in [4.69, 9.17) is 14.2 Å². The lowest BCUT2D eigenvalue weighted by Crippen LogP contribution is -2.67. The lowest BCUT2D eigenvalue weighted by molar-refractivity contribution is -0.179. The minimum atomic E-state index is -1.67. The monoisotopic (exact) mass is 590 g/mol. The number of hydrogen-bond donors (Lipinski definition) is 3. The highest BCUT2D eigenvalue weighted by molar-refractivity contribution is 5.94. The molecular formula is C33H50O9. The van der Waals surface area contributed by atoms with E-state index in [0.29, 0.717) is 19.3 Å². The van der Waals surface area contributed by atoms with Gasteiger partial charge in [-0.3, -0.25) is 9.59 Å². The zero-order valence-electron chi connectivity index (χ0n) is 26.4. The van der Waals surface area contributed by atoms with Crippen molar-refractivity contribution in [3.63, 3.8) is 0 Å². The molecule has 0 unspecified atom stereocenters. The average Bonchev–Trinajstić information content (AvgIpc) is 3.79. The predicted molar refractivity (Wildman–Crippen MR) is 151 cm³/mol. The van der Waals surface area contributed by atoms with Gasteiger partial charge < -0.3 is 29.5 Å². The maximum absolute atomic E-state index is 14.3. The molecule has 4 saturated carbocycles. The van der Waals surface area contributed by atoms with Crippen LogP contribution in [0.1, 0.15) is 93.9 Å². The van der Waals surface area contributed by atoms with Crippen molar-refractivity contribution < 1.29 is 43.9 Å². The maximum Gasteiger partial charge on any atom is 0.338 e. The first-order valence-electron chi connectivity index (χ1n) is 16.1. The van der Waals surface area contributed by atoms with E-state index in [1.807, 2.05) is 27.7 Å². The Hall–Kier alpha value is -1.39. The van der Waals surface area contributed by atoms with Crippen LogP contribution in [-0.4, -0.2) is 80.2 Å². The van der Waals surface area contributed by atoms with Crippen LogP contribution < -0.4 is 0 Å². The number of aliphatic hydroxyl groups excluding tert-OH is 2. The van der Waals surface area contributed by atoms with E-state index in [1.165, 1.54) is 13.8 Å². The fourth-order valence-corrected chi connectivity index (χ4v) is 10.3. The Balaban J connectivity index is 1.23. The molecule has 0 amide bonds. The van der Waals surface area contributed by atoms with E-state index in [2.05, 4.69) is 13.8 Å². The Morgan fingerprint density at radius 3 is 2.31 bits per heavy atom. The van der Waals surface area contributed by atoms with Gasteiger partial charge in [-0.1, -0.05) is 41.5 Å². The third-order valence-corrected chi connectivity index (χ3v) is 13.4. The second kappa shape index (κ2) is 9.32. The van der Waals surface area contributed by atoms with E-state index >= 15 is 0 Å². The van der Waals surface area contributed by atoms with Crippen LogP contribution >= 0.6 is 0 Å². The summed E-state index contributed by atoms with van der Waals surface area (Å²) in [5.41, 5.74) is -3.72. The van der Waals surface area contributed by atoms with Crippen LogP contribution in [0.15, 0.2) is 0 Å². The number of aliphatic hydroxyl groups is 3. The number of ketones is 2. The molecule has 0 aromatic rings. The Bertz CT molecular complexity index is 1180. The van der Waals surface area contributed by atoms with Gasteiger partial charge in [-0.05, 0) is 75.0 Å². The van der Waals surface area contributed by atoms with Crippen LogP contribution in [0.25, 0.3) is 0 Å². The first-order valence-corrected chi connectivity index (χ1v) is 16.1. The molecule has 6 rings (SSSR count). The van der Waals surface area contributed by atoms with Gasteiger partial charge in [0.25, 0.3) is 0 Å². The molecule has 0 aromatic carbocycles. The van der Waals surface area contributed by atoms with Crippen LogP contribution in [0.4, 0.5) is 0 Å². The fourth-order valence-electron chi connectivity index (χ4n) is 10.3. The summed E-state index contributed by atoms with van der Waals surface area (Å²) >= 11 is 0. The Labute approximate surface area is 249 Å². The topological polar surface area (TPSA) is 146 Å². The predicted octanol–water partition coefficient (Wildman–Crippen LogP) is 2.99. The molecule has 0 radical (unpaired) electrons. The number of esters is 1. The molecule has 6 fully saturated rings. The van der Waals surface area contributed by atoms with Crippen molar-refractivity contribution in [1.82, 2.24) is 0 Å².